The molecular formula is C14H17BrN2OS. The van der Waals surface area contributed by atoms with Crippen molar-refractivity contribution in [3.05, 3.63) is 49.9 Å². The van der Waals surface area contributed by atoms with Gasteiger partial charge in [-0.2, -0.15) is 0 Å². The summed E-state index contributed by atoms with van der Waals surface area (Å²) in [5, 5.41) is 11.5. The fourth-order valence-corrected chi connectivity index (χ4v) is 3.40. The van der Waals surface area contributed by atoms with Crippen LogP contribution in [-0.4, -0.2) is 16.6 Å². The summed E-state index contributed by atoms with van der Waals surface area (Å²) in [6, 6.07) is 7.92. The number of aliphatic hydroxyl groups excluding tert-OH is 1. The number of rotatable bonds is 4. The second-order valence-electron chi connectivity index (χ2n) is 4.52. The maximum atomic E-state index is 10.6. The first-order valence-electron chi connectivity index (χ1n) is 6.10. The van der Waals surface area contributed by atoms with Crippen LogP contribution in [0.1, 0.15) is 33.2 Å². The molecule has 3 N–H and O–H groups in total. The molecule has 0 bridgehead atoms. The van der Waals surface area contributed by atoms with Crippen molar-refractivity contribution in [1.82, 2.24) is 4.98 Å². The first-order chi connectivity index (χ1) is 9.02. The van der Waals surface area contributed by atoms with Crippen molar-refractivity contribution in [3.8, 4) is 0 Å². The minimum absolute atomic E-state index is 0.105. The molecule has 1 aromatic carbocycles. The molecule has 102 valence electrons. The van der Waals surface area contributed by atoms with Crippen LogP contribution in [0.25, 0.3) is 0 Å². The smallest absolute Gasteiger partial charge is 0.0981 e. The summed E-state index contributed by atoms with van der Waals surface area (Å²) in [5.74, 6) is -0.105. The van der Waals surface area contributed by atoms with E-state index < -0.39 is 6.10 Å². The lowest BCUT2D eigenvalue weighted by Gasteiger charge is -2.21. The highest BCUT2D eigenvalue weighted by Crippen LogP contribution is 2.35. The standard InChI is InChI=1S/C14H17BrN2OS/c1-8-14(19-9(2)17-8)13(18)12(7-16)10-3-5-11(15)6-4-10/h3-6,12-13,18H,7,16H2,1-2H3. The average molecular weight is 341 g/mol. The first kappa shape index (κ1) is 14.7. The van der Waals surface area contributed by atoms with Crippen molar-refractivity contribution >= 4 is 27.3 Å². The van der Waals surface area contributed by atoms with E-state index in [4.69, 9.17) is 5.73 Å². The van der Waals surface area contributed by atoms with E-state index in [0.717, 1.165) is 25.6 Å². The van der Waals surface area contributed by atoms with Gasteiger partial charge in [-0.1, -0.05) is 28.1 Å². The monoisotopic (exact) mass is 340 g/mol. The molecule has 19 heavy (non-hydrogen) atoms. The van der Waals surface area contributed by atoms with Gasteiger partial charge >= 0.3 is 0 Å². The van der Waals surface area contributed by atoms with Gasteiger partial charge in [-0.3, -0.25) is 0 Å². The van der Waals surface area contributed by atoms with Gasteiger partial charge in [-0.25, -0.2) is 4.98 Å². The Morgan fingerprint density at radius 1 is 1.32 bits per heavy atom. The van der Waals surface area contributed by atoms with Gasteiger partial charge in [0.25, 0.3) is 0 Å². The summed E-state index contributed by atoms with van der Waals surface area (Å²) < 4.78 is 1.02. The highest BCUT2D eigenvalue weighted by Gasteiger charge is 2.25. The lowest BCUT2D eigenvalue weighted by Crippen LogP contribution is -2.20. The summed E-state index contributed by atoms with van der Waals surface area (Å²) in [7, 11) is 0. The number of aliphatic hydroxyl groups is 1. The van der Waals surface area contributed by atoms with Crippen molar-refractivity contribution in [2.24, 2.45) is 5.73 Å². The van der Waals surface area contributed by atoms with Crippen LogP contribution in [0.5, 0.6) is 0 Å². The van der Waals surface area contributed by atoms with Crippen LogP contribution in [0.2, 0.25) is 0 Å². The van der Waals surface area contributed by atoms with Gasteiger partial charge in [0.1, 0.15) is 0 Å². The van der Waals surface area contributed by atoms with Crippen molar-refractivity contribution < 1.29 is 5.11 Å². The maximum Gasteiger partial charge on any atom is 0.0981 e. The van der Waals surface area contributed by atoms with E-state index >= 15 is 0 Å². The largest absolute Gasteiger partial charge is 0.387 e. The SMILES string of the molecule is Cc1nc(C)c(C(O)C(CN)c2ccc(Br)cc2)s1. The van der Waals surface area contributed by atoms with E-state index in [9.17, 15) is 5.11 Å². The van der Waals surface area contributed by atoms with Gasteiger partial charge in [-0.15, -0.1) is 11.3 Å². The number of nitrogens with zero attached hydrogens (tertiary/aromatic N) is 1. The molecule has 1 aromatic heterocycles. The molecule has 5 heteroatoms. The normalized spacial score (nSPS) is 14.4. The van der Waals surface area contributed by atoms with Crippen LogP contribution < -0.4 is 5.73 Å². The minimum atomic E-state index is -0.600. The molecule has 0 amide bonds. The van der Waals surface area contributed by atoms with Crippen LogP contribution in [0, 0.1) is 13.8 Å². The van der Waals surface area contributed by atoms with Gasteiger partial charge in [0.15, 0.2) is 0 Å². The van der Waals surface area contributed by atoms with E-state index in [1.54, 1.807) is 0 Å². The number of aromatic nitrogens is 1. The Labute approximate surface area is 125 Å². The van der Waals surface area contributed by atoms with Gasteiger partial charge in [-0.05, 0) is 31.5 Å². The predicted molar refractivity (Wildman–Crippen MR) is 82.5 cm³/mol. The Morgan fingerprint density at radius 2 is 1.95 bits per heavy atom. The molecule has 1 heterocycles. The molecule has 0 aliphatic heterocycles. The molecule has 0 saturated carbocycles. The topological polar surface area (TPSA) is 59.1 Å². The first-order valence-corrected chi connectivity index (χ1v) is 7.71. The molecule has 2 aromatic rings. The van der Waals surface area contributed by atoms with Gasteiger partial charge in [0.05, 0.1) is 21.7 Å². The van der Waals surface area contributed by atoms with Gasteiger partial charge in [0.2, 0.25) is 0 Å². The van der Waals surface area contributed by atoms with E-state index in [-0.39, 0.29) is 5.92 Å². The summed E-state index contributed by atoms with van der Waals surface area (Å²) in [4.78, 5) is 5.28. The molecule has 0 saturated heterocycles. The van der Waals surface area contributed by atoms with Gasteiger partial charge < -0.3 is 10.8 Å². The molecule has 0 radical (unpaired) electrons. The molecule has 0 spiro atoms. The molecule has 0 aliphatic carbocycles. The molecule has 0 aliphatic rings. The minimum Gasteiger partial charge on any atom is -0.387 e. The van der Waals surface area contributed by atoms with Crippen molar-refractivity contribution in [2.45, 2.75) is 25.9 Å². The zero-order valence-corrected chi connectivity index (χ0v) is 13.3. The number of nitrogens with two attached hydrogens (primary N) is 1. The number of thiazole rings is 1. The predicted octanol–water partition coefficient (Wildman–Crippen LogP) is 3.30. The fraction of sp³-hybridized carbons (Fsp3) is 0.357. The lowest BCUT2D eigenvalue weighted by molar-refractivity contribution is 0.150. The molecule has 2 unspecified atom stereocenters. The Morgan fingerprint density at radius 3 is 2.42 bits per heavy atom. The number of hydrogen-bond donors (Lipinski definition) is 2. The third-order valence-corrected chi connectivity index (χ3v) is 4.81. The second-order valence-corrected chi connectivity index (χ2v) is 6.67. The third kappa shape index (κ3) is 3.23. The molecule has 2 atom stereocenters. The van der Waals surface area contributed by atoms with Crippen molar-refractivity contribution in [1.29, 1.82) is 0 Å². The van der Waals surface area contributed by atoms with E-state index in [1.165, 1.54) is 11.3 Å². The highest BCUT2D eigenvalue weighted by atomic mass is 79.9. The Kier molecular flexibility index (Phi) is 4.73. The fourth-order valence-electron chi connectivity index (χ4n) is 2.16. The number of hydrogen-bond acceptors (Lipinski definition) is 4. The van der Waals surface area contributed by atoms with Crippen LogP contribution in [0.4, 0.5) is 0 Å². The average Bonchev–Trinajstić information content (AvgIpc) is 2.71. The molecule has 2 rings (SSSR count). The lowest BCUT2D eigenvalue weighted by atomic mass is 9.92. The molecule has 0 fully saturated rings. The zero-order valence-electron chi connectivity index (χ0n) is 10.9. The van der Waals surface area contributed by atoms with E-state index in [1.807, 2.05) is 38.1 Å². The summed E-state index contributed by atoms with van der Waals surface area (Å²) in [5.41, 5.74) is 7.79. The summed E-state index contributed by atoms with van der Waals surface area (Å²) in [6.45, 7) is 4.28. The quantitative estimate of drug-likeness (QED) is 0.897. The highest BCUT2D eigenvalue weighted by molar-refractivity contribution is 9.10. The molecular weight excluding hydrogens is 324 g/mol. The van der Waals surface area contributed by atoms with Crippen LogP contribution in [0.3, 0.4) is 0 Å². The van der Waals surface area contributed by atoms with E-state index in [0.29, 0.717) is 6.54 Å². The Hall–Kier alpha value is -0.750. The van der Waals surface area contributed by atoms with Crippen molar-refractivity contribution in [2.75, 3.05) is 6.54 Å². The van der Waals surface area contributed by atoms with Crippen LogP contribution in [-0.2, 0) is 0 Å². The molecule has 3 nitrogen and oxygen atoms in total. The number of halogens is 1. The van der Waals surface area contributed by atoms with Gasteiger partial charge in [0, 0.05) is 16.9 Å². The van der Waals surface area contributed by atoms with Crippen LogP contribution >= 0.6 is 27.3 Å². The van der Waals surface area contributed by atoms with Crippen LogP contribution in [0.15, 0.2) is 28.7 Å². The summed E-state index contributed by atoms with van der Waals surface area (Å²) >= 11 is 4.95. The zero-order chi connectivity index (χ0) is 14.0. The Bertz CT molecular complexity index is 553. The second kappa shape index (κ2) is 6.13. The summed E-state index contributed by atoms with van der Waals surface area (Å²) in [6.07, 6.45) is -0.600. The van der Waals surface area contributed by atoms with Crippen molar-refractivity contribution in [3.63, 3.8) is 0 Å². The third-order valence-electron chi connectivity index (χ3n) is 3.14. The number of benzene rings is 1. The Balaban J connectivity index is 2.31. The van der Waals surface area contributed by atoms with E-state index in [2.05, 4.69) is 20.9 Å². The maximum absolute atomic E-state index is 10.6. The number of aryl methyl sites for hydroxylation is 2.